The third-order valence-corrected chi connectivity index (χ3v) is 7.74. The zero-order chi connectivity index (χ0) is 27.2. The van der Waals surface area contributed by atoms with Crippen LogP contribution in [0.3, 0.4) is 0 Å². The summed E-state index contributed by atoms with van der Waals surface area (Å²) < 4.78 is 0. The summed E-state index contributed by atoms with van der Waals surface area (Å²) in [6.45, 7) is 3.59. The predicted octanol–water partition coefficient (Wildman–Crippen LogP) is 7.39. The van der Waals surface area contributed by atoms with E-state index in [1.165, 1.54) is 0 Å². The van der Waals surface area contributed by atoms with Crippen LogP contribution in [-0.4, -0.2) is 16.7 Å². The highest BCUT2D eigenvalue weighted by Crippen LogP contribution is 2.45. The fourth-order valence-corrected chi connectivity index (χ4v) is 5.83. The first-order valence-corrected chi connectivity index (χ1v) is 13.6. The minimum absolute atomic E-state index is 0.0320. The van der Waals surface area contributed by atoms with Gasteiger partial charge in [0.05, 0.1) is 17.3 Å². The van der Waals surface area contributed by atoms with Crippen molar-refractivity contribution in [1.29, 1.82) is 5.26 Å². The van der Waals surface area contributed by atoms with E-state index in [-0.39, 0.29) is 11.3 Å². The maximum atomic E-state index is 11.6. The monoisotopic (exact) mass is 516 g/mol. The van der Waals surface area contributed by atoms with Gasteiger partial charge in [0.2, 0.25) is 0 Å². The molecule has 2 atom stereocenters. The zero-order valence-electron chi connectivity index (χ0n) is 22.5. The standard InChI is InChI=1S/C34H36N4O/c1-34(24-38(36)23-26-11-8-10-25(20-26)22-35)19-9-16-29(21-34)37-32-30(27-12-4-2-5-13-27)17-18-31(33(32)39)28-14-6-3-7-15-28/h2-8,10-14,16-18,20,28,37,39H,9,15,19,21,23-24,36H2,1H3. The fourth-order valence-electron chi connectivity index (χ4n) is 5.83. The Morgan fingerprint density at radius 3 is 2.72 bits per heavy atom. The highest BCUT2D eigenvalue weighted by atomic mass is 16.3. The lowest BCUT2D eigenvalue weighted by atomic mass is 9.77. The molecule has 0 bridgehead atoms. The van der Waals surface area contributed by atoms with Crippen LogP contribution in [-0.2, 0) is 6.54 Å². The molecule has 0 heterocycles. The van der Waals surface area contributed by atoms with Crippen LogP contribution >= 0.6 is 0 Å². The molecule has 0 saturated heterocycles. The van der Waals surface area contributed by atoms with Gasteiger partial charge in [0.1, 0.15) is 5.75 Å². The van der Waals surface area contributed by atoms with E-state index < -0.39 is 0 Å². The number of hydrogen-bond acceptors (Lipinski definition) is 5. The summed E-state index contributed by atoms with van der Waals surface area (Å²) in [6, 6.07) is 24.2. The average Bonchev–Trinajstić information content (AvgIpc) is 2.95. The van der Waals surface area contributed by atoms with E-state index in [4.69, 9.17) is 5.84 Å². The van der Waals surface area contributed by atoms with Crippen LogP contribution in [0, 0.1) is 16.7 Å². The molecule has 198 valence electrons. The van der Waals surface area contributed by atoms with Crippen LogP contribution in [0.4, 0.5) is 5.69 Å². The second-order valence-corrected chi connectivity index (χ2v) is 11.0. The van der Waals surface area contributed by atoms with Gasteiger partial charge in [-0.1, -0.05) is 91.9 Å². The first kappa shape index (κ1) is 26.5. The van der Waals surface area contributed by atoms with Gasteiger partial charge in [-0.05, 0) is 54.4 Å². The summed E-state index contributed by atoms with van der Waals surface area (Å²) in [5.74, 6) is 6.96. The van der Waals surface area contributed by atoms with Gasteiger partial charge in [-0.15, -0.1) is 0 Å². The second kappa shape index (κ2) is 11.7. The number of nitrogens with two attached hydrogens (primary N) is 1. The van der Waals surface area contributed by atoms with Gasteiger partial charge in [0, 0.05) is 35.8 Å². The number of allylic oxidation sites excluding steroid dienone is 6. The molecule has 5 nitrogen and oxygen atoms in total. The fraction of sp³-hybridized carbons (Fsp3) is 0.265. The van der Waals surface area contributed by atoms with E-state index in [0.29, 0.717) is 17.9 Å². The molecule has 0 fully saturated rings. The number of anilines is 1. The van der Waals surface area contributed by atoms with Gasteiger partial charge in [0.25, 0.3) is 0 Å². The number of phenols is 1. The van der Waals surface area contributed by atoms with Crippen LogP contribution in [0.5, 0.6) is 5.75 Å². The lowest BCUT2D eigenvalue weighted by molar-refractivity contribution is 0.144. The Balaban J connectivity index is 1.37. The van der Waals surface area contributed by atoms with Crippen LogP contribution in [0.25, 0.3) is 11.1 Å². The van der Waals surface area contributed by atoms with E-state index in [0.717, 1.165) is 65.9 Å². The summed E-state index contributed by atoms with van der Waals surface area (Å²) in [5, 5.41) is 26.3. The van der Waals surface area contributed by atoms with Crippen molar-refractivity contribution in [2.24, 2.45) is 11.3 Å². The first-order valence-electron chi connectivity index (χ1n) is 13.6. The summed E-state index contributed by atoms with van der Waals surface area (Å²) in [5.41, 5.74) is 6.49. The van der Waals surface area contributed by atoms with E-state index in [1.54, 1.807) is 0 Å². The number of rotatable bonds is 8. The number of phenolic OH excluding ortho intramolecular Hbond substituents is 1. The summed E-state index contributed by atoms with van der Waals surface area (Å²) >= 11 is 0. The molecule has 0 amide bonds. The summed E-state index contributed by atoms with van der Waals surface area (Å²) in [4.78, 5) is 0. The van der Waals surface area contributed by atoms with Crippen molar-refractivity contribution in [3.8, 4) is 22.9 Å². The average molecular weight is 517 g/mol. The quantitative estimate of drug-likeness (QED) is 0.165. The Morgan fingerprint density at radius 2 is 1.95 bits per heavy atom. The van der Waals surface area contributed by atoms with Crippen molar-refractivity contribution < 1.29 is 5.11 Å². The molecule has 39 heavy (non-hydrogen) atoms. The van der Waals surface area contributed by atoms with Crippen molar-refractivity contribution in [3.63, 3.8) is 0 Å². The normalized spacial score (nSPS) is 20.5. The summed E-state index contributed by atoms with van der Waals surface area (Å²) in [7, 11) is 0. The highest BCUT2D eigenvalue weighted by Gasteiger charge is 2.31. The third kappa shape index (κ3) is 6.31. The maximum Gasteiger partial charge on any atom is 0.143 e. The largest absolute Gasteiger partial charge is 0.505 e. The van der Waals surface area contributed by atoms with E-state index in [2.05, 4.69) is 73.0 Å². The number of nitrogens with zero attached hydrogens (tertiary/aromatic N) is 2. The van der Waals surface area contributed by atoms with E-state index in [1.807, 2.05) is 47.5 Å². The molecule has 5 rings (SSSR count). The third-order valence-electron chi connectivity index (χ3n) is 7.74. The molecule has 0 aromatic heterocycles. The molecule has 0 spiro atoms. The SMILES string of the molecule is CC1(CN(N)Cc2cccc(C#N)c2)CCC=C(Nc2c(-c3ccccc3)ccc(C3C=CC=CC3)c2O)C1. The van der Waals surface area contributed by atoms with E-state index >= 15 is 0 Å². The first-order chi connectivity index (χ1) is 18.9. The number of nitriles is 1. The van der Waals surface area contributed by atoms with Crippen molar-refractivity contribution in [1.82, 2.24) is 5.01 Å². The number of benzene rings is 3. The molecular formula is C34H36N4O. The van der Waals surface area contributed by atoms with Gasteiger partial charge in [-0.2, -0.15) is 5.26 Å². The molecule has 2 aliphatic rings. The Morgan fingerprint density at radius 1 is 1.10 bits per heavy atom. The molecule has 2 aliphatic carbocycles. The topological polar surface area (TPSA) is 85.3 Å². The van der Waals surface area contributed by atoms with Gasteiger partial charge < -0.3 is 10.4 Å². The smallest absolute Gasteiger partial charge is 0.143 e. The van der Waals surface area contributed by atoms with Crippen molar-refractivity contribution in [2.45, 2.75) is 45.1 Å². The van der Waals surface area contributed by atoms with Gasteiger partial charge >= 0.3 is 0 Å². The van der Waals surface area contributed by atoms with Gasteiger partial charge in [0.15, 0.2) is 0 Å². The highest BCUT2D eigenvalue weighted by molar-refractivity contribution is 5.84. The minimum atomic E-state index is -0.0320. The number of nitrogens with one attached hydrogen (secondary N) is 1. The van der Waals surface area contributed by atoms with Gasteiger partial charge in [-0.25, -0.2) is 5.01 Å². The lowest BCUT2D eigenvalue weighted by Gasteiger charge is -2.37. The Bertz CT molecular complexity index is 1450. The molecule has 4 N–H and O–H groups in total. The maximum absolute atomic E-state index is 11.6. The predicted molar refractivity (Wildman–Crippen MR) is 159 cm³/mol. The zero-order valence-corrected chi connectivity index (χ0v) is 22.5. The van der Waals surface area contributed by atoms with Crippen LogP contribution in [0.1, 0.15) is 55.2 Å². The van der Waals surface area contributed by atoms with Crippen molar-refractivity contribution in [3.05, 3.63) is 119 Å². The van der Waals surface area contributed by atoms with Crippen molar-refractivity contribution >= 4 is 5.69 Å². The van der Waals surface area contributed by atoms with E-state index in [9.17, 15) is 10.4 Å². The van der Waals surface area contributed by atoms with Crippen LogP contribution < -0.4 is 11.2 Å². The molecule has 2 unspecified atom stereocenters. The summed E-state index contributed by atoms with van der Waals surface area (Å²) in [6.07, 6.45) is 14.3. The molecule has 3 aromatic carbocycles. The van der Waals surface area contributed by atoms with Crippen LogP contribution in [0.2, 0.25) is 0 Å². The number of aromatic hydroxyl groups is 1. The Kier molecular flexibility index (Phi) is 7.97. The molecular weight excluding hydrogens is 480 g/mol. The molecule has 0 radical (unpaired) electrons. The van der Waals surface area contributed by atoms with Gasteiger partial charge in [-0.3, -0.25) is 5.84 Å². The second-order valence-electron chi connectivity index (χ2n) is 11.0. The van der Waals surface area contributed by atoms with Crippen LogP contribution in [0.15, 0.2) is 103 Å². The molecule has 3 aromatic rings. The minimum Gasteiger partial charge on any atom is -0.505 e. The Hall–Kier alpha value is -4.11. The number of hydrogen-bond donors (Lipinski definition) is 3. The lowest BCUT2D eigenvalue weighted by Crippen LogP contribution is -2.41. The Labute approximate surface area is 231 Å². The van der Waals surface area contributed by atoms with Crippen molar-refractivity contribution in [2.75, 3.05) is 11.9 Å². The molecule has 5 heteroatoms. The molecule has 0 aliphatic heterocycles. The molecule has 0 saturated carbocycles. The number of hydrazine groups is 1.